The van der Waals surface area contributed by atoms with Crippen LogP contribution in [0.5, 0.6) is 11.5 Å². The number of ether oxygens (including phenoxy) is 2. The van der Waals surface area contributed by atoms with Crippen LogP contribution < -0.4 is 9.47 Å². The van der Waals surface area contributed by atoms with Gasteiger partial charge >= 0.3 is 5.97 Å². The lowest BCUT2D eigenvalue weighted by Gasteiger charge is -2.17. The van der Waals surface area contributed by atoms with E-state index in [-0.39, 0.29) is 5.97 Å². The van der Waals surface area contributed by atoms with Gasteiger partial charge in [0.2, 0.25) is 0 Å². The quantitative estimate of drug-likeness (QED) is 0.385. The van der Waals surface area contributed by atoms with E-state index in [1.54, 1.807) is 6.26 Å². The van der Waals surface area contributed by atoms with Gasteiger partial charge in [-0.3, -0.25) is 4.79 Å². The molecule has 1 heterocycles. The van der Waals surface area contributed by atoms with Crippen LogP contribution >= 0.6 is 0 Å². The number of rotatable bonds is 7. The van der Waals surface area contributed by atoms with Crippen LogP contribution in [-0.2, 0) is 11.2 Å². The van der Waals surface area contributed by atoms with E-state index in [4.69, 9.17) is 13.9 Å². The van der Waals surface area contributed by atoms with Crippen LogP contribution in [0.25, 0.3) is 11.3 Å². The molecule has 146 valence electrons. The van der Waals surface area contributed by atoms with Gasteiger partial charge in [-0.15, -0.1) is 0 Å². The fraction of sp³-hybridized carbons (Fsp3) is 0.292. The second-order valence-corrected chi connectivity index (χ2v) is 7.35. The number of furan rings is 1. The lowest BCUT2D eigenvalue weighted by molar-refractivity contribution is -0.131. The first kappa shape index (κ1) is 19.7. The molecule has 0 radical (unpaired) electrons. The molecule has 0 unspecified atom stereocenters. The number of hydrogen-bond donors (Lipinski definition) is 0. The molecular formula is C24H26O4. The Morgan fingerprint density at radius 2 is 1.82 bits per heavy atom. The Labute approximate surface area is 166 Å². The highest BCUT2D eigenvalue weighted by atomic mass is 16.5. The van der Waals surface area contributed by atoms with Crippen LogP contribution in [0.1, 0.15) is 37.5 Å². The third kappa shape index (κ3) is 4.83. The lowest BCUT2D eigenvalue weighted by atomic mass is 9.99. The molecule has 1 aromatic heterocycles. The van der Waals surface area contributed by atoms with Crippen molar-refractivity contribution in [1.29, 1.82) is 0 Å². The maximum Gasteiger partial charge on any atom is 0.308 e. The number of esters is 1. The highest BCUT2D eigenvalue weighted by Crippen LogP contribution is 2.39. The first-order valence-corrected chi connectivity index (χ1v) is 9.50. The van der Waals surface area contributed by atoms with Crippen LogP contribution in [0.2, 0.25) is 0 Å². The van der Waals surface area contributed by atoms with E-state index in [2.05, 4.69) is 26.0 Å². The molecule has 2 aromatic carbocycles. The Kier molecular flexibility index (Phi) is 6.19. The minimum atomic E-state index is -0.369. The van der Waals surface area contributed by atoms with Gasteiger partial charge in [0.25, 0.3) is 0 Å². The van der Waals surface area contributed by atoms with Crippen molar-refractivity contribution >= 4 is 5.97 Å². The molecule has 0 bridgehead atoms. The summed E-state index contributed by atoms with van der Waals surface area (Å²) in [4.78, 5) is 11.7. The van der Waals surface area contributed by atoms with E-state index in [1.165, 1.54) is 6.92 Å². The Morgan fingerprint density at radius 1 is 1.07 bits per heavy atom. The standard InChI is InChI=1S/C24H26O4/c1-16(2)15-27-22-14-21(24-17(3)10-11-26-24)23(28-18(4)25)13-20(22)12-19-8-6-5-7-9-19/h5-11,13-14,16H,12,15H2,1-4H3. The Bertz CT molecular complexity index is 938. The number of carbonyl (C=O) groups is 1. The fourth-order valence-electron chi connectivity index (χ4n) is 3.01. The molecule has 28 heavy (non-hydrogen) atoms. The van der Waals surface area contributed by atoms with E-state index in [0.717, 1.165) is 22.4 Å². The molecule has 0 aliphatic heterocycles. The monoisotopic (exact) mass is 378 g/mol. The molecule has 3 aromatic rings. The van der Waals surface area contributed by atoms with Gasteiger partial charge in [0.05, 0.1) is 18.4 Å². The Hall–Kier alpha value is -3.01. The van der Waals surface area contributed by atoms with Gasteiger partial charge in [-0.25, -0.2) is 0 Å². The van der Waals surface area contributed by atoms with Gasteiger partial charge in [0, 0.05) is 18.9 Å². The molecule has 4 nitrogen and oxygen atoms in total. The maximum atomic E-state index is 11.7. The van der Waals surface area contributed by atoms with E-state index < -0.39 is 0 Å². The summed E-state index contributed by atoms with van der Waals surface area (Å²) in [5.74, 6) is 1.96. The Balaban J connectivity index is 2.10. The number of benzene rings is 2. The van der Waals surface area contributed by atoms with Gasteiger partial charge in [0.15, 0.2) is 0 Å². The highest BCUT2D eigenvalue weighted by molar-refractivity contribution is 5.77. The third-order valence-corrected chi connectivity index (χ3v) is 4.33. The van der Waals surface area contributed by atoms with Crippen LogP contribution in [0.4, 0.5) is 0 Å². The summed E-state index contributed by atoms with van der Waals surface area (Å²) in [6, 6.07) is 15.9. The van der Waals surface area contributed by atoms with E-state index in [1.807, 2.05) is 43.3 Å². The normalized spacial score (nSPS) is 10.9. The molecule has 0 aliphatic carbocycles. The zero-order valence-electron chi connectivity index (χ0n) is 16.8. The van der Waals surface area contributed by atoms with Gasteiger partial charge in [-0.05, 0) is 42.2 Å². The molecule has 0 spiro atoms. The second-order valence-electron chi connectivity index (χ2n) is 7.35. The third-order valence-electron chi connectivity index (χ3n) is 4.33. The van der Waals surface area contributed by atoms with Crippen LogP contribution in [0.15, 0.2) is 59.2 Å². The lowest BCUT2D eigenvalue weighted by Crippen LogP contribution is -2.08. The van der Waals surface area contributed by atoms with Crippen molar-refractivity contribution in [2.75, 3.05) is 6.61 Å². The minimum Gasteiger partial charge on any atom is -0.493 e. The van der Waals surface area contributed by atoms with Gasteiger partial charge < -0.3 is 13.9 Å². The van der Waals surface area contributed by atoms with Crippen molar-refractivity contribution in [3.8, 4) is 22.8 Å². The molecule has 0 aliphatic rings. The van der Waals surface area contributed by atoms with E-state index >= 15 is 0 Å². The summed E-state index contributed by atoms with van der Waals surface area (Å²) < 4.78 is 17.3. The molecule has 3 rings (SSSR count). The Morgan fingerprint density at radius 3 is 2.43 bits per heavy atom. The van der Waals surface area contributed by atoms with Crippen molar-refractivity contribution in [3.63, 3.8) is 0 Å². The minimum absolute atomic E-state index is 0.369. The summed E-state index contributed by atoms with van der Waals surface area (Å²) >= 11 is 0. The summed E-state index contributed by atoms with van der Waals surface area (Å²) in [7, 11) is 0. The molecule has 0 saturated carbocycles. The number of carbonyl (C=O) groups excluding carboxylic acids is 1. The molecular weight excluding hydrogens is 352 g/mol. The molecule has 0 saturated heterocycles. The molecule has 0 atom stereocenters. The summed E-state index contributed by atoms with van der Waals surface area (Å²) in [5, 5.41) is 0. The van der Waals surface area contributed by atoms with Gasteiger partial charge in [-0.1, -0.05) is 44.2 Å². The predicted octanol–water partition coefficient (Wildman–Crippen LogP) is 5.81. The molecule has 4 heteroatoms. The average molecular weight is 378 g/mol. The largest absolute Gasteiger partial charge is 0.493 e. The molecule has 0 N–H and O–H groups in total. The number of aryl methyl sites for hydroxylation is 1. The van der Waals surface area contributed by atoms with Gasteiger partial charge in [-0.2, -0.15) is 0 Å². The summed E-state index contributed by atoms with van der Waals surface area (Å²) in [6.07, 6.45) is 2.31. The fourth-order valence-corrected chi connectivity index (χ4v) is 3.01. The second kappa shape index (κ2) is 8.79. The first-order valence-electron chi connectivity index (χ1n) is 9.50. The van der Waals surface area contributed by atoms with E-state index in [0.29, 0.717) is 36.0 Å². The van der Waals surface area contributed by atoms with Crippen molar-refractivity contribution in [3.05, 3.63) is 71.5 Å². The van der Waals surface area contributed by atoms with E-state index in [9.17, 15) is 4.79 Å². The predicted molar refractivity (Wildman–Crippen MR) is 110 cm³/mol. The smallest absolute Gasteiger partial charge is 0.308 e. The zero-order chi connectivity index (χ0) is 20.1. The SMILES string of the molecule is CC(=O)Oc1cc(Cc2ccccc2)c(OCC(C)C)cc1-c1occc1C. The van der Waals surface area contributed by atoms with Crippen molar-refractivity contribution in [1.82, 2.24) is 0 Å². The van der Waals surface area contributed by atoms with Crippen molar-refractivity contribution in [2.45, 2.75) is 34.1 Å². The molecule has 0 fully saturated rings. The van der Waals surface area contributed by atoms with Crippen LogP contribution in [0, 0.1) is 12.8 Å². The van der Waals surface area contributed by atoms with Crippen molar-refractivity contribution < 1.29 is 18.7 Å². The highest BCUT2D eigenvalue weighted by Gasteiger charge is 2.19. The van der Waals surface area contributed by atoms with Crippen LogP contribution in [-0.4, -0.2) is 12.6 Å². The zero-order valence-corrected chi connectivity index (χ0v) is 16.8. The average Bonchev–Trinajstić information content (AvgIpc) is 3.07. The maximum absolute atomic E-state index is 11.7. The van der Waals surface area contributed by atoms with Gasteiger partial charge in [0.1, 0.15) is 17.3 Å². The summed E-state index contributed by atoms with van der Waals surface area (Å²) in [6.45, 7) is 8.19. The van der Waals surface area contributed by atoms with Crippen LogP contribution in [0.3, 0.4) is 0 Å². The summed E-state index contributed by atoms with van der Waals surface area (Å²) in [5.41, 5.74) is 3.82. The first-order chi connectivity index (χ1) is 13.4. The number of hydrogen-bond acceptors (Lipinski definition) is 4. The van der Waals surface area contributed by atoms with Crippen molar-refractivity contribution in [2.24, 2.45) is 5.92 Å². The molecule has 0 amide bonds. The topological polar surface area (TPSA) is 48.7 Å².